The van der Waals surface area contributed by atoms with Crippen molar-refractivity contribution in [2.45, 2.75) is 6.42 Å². The van der Waals surface area contributed by atoms with Gasteiger partial charge >= 0.3 is 0 Å². The summed E-state index contributed by atoms with van der Waals surface area (Å²) in [4.78, 5) is 14.8. The molecule has 60 valence electrons. The summed E-state index contributed by atoms with van der Waals surface area (Å²) in [6.07, 6.45) is 7.00. The quantitative estimate of drug-likeness (QED) is 0.635. The van der Waals surface area contributed by atoms with Crippen molar-refractivity contribution in [1.29, 1.82) is 0 Å². The number of hydrogen-bond acceptors (Lipinski definition) is 2. The minimum absolute atomic E-state index is 0.332. The summed E-state index contributed by atoms with van der Waals surface area (Å²) in [7, 11) is 0. The molecule has 12 heavy (non-hydrogen) atoms. The van der Waals surface area contributed by atoms with E-state index in [2.05, 4.69) is 10.9 Å². The van der Waals surface area contributed by atoms with Crippen LogP contribution in [0.3, 0.4) is 0 Å². The van der Waals surface area contributed by atoms with Gasteiger partial charge in [-0.3, -0.25) is 9.78 Å². The number of carbonyl (C=O) groups is 1. The number of terminal acetylenes is 1. The van der Waals surface area contributed by atoms with E-state index in [1.165, 1.54) is 0 Å². The van der Waals surface area contributed by atoms with E-state index in [1.807, 2.05) is 0 Å². The molecule has 0 unspecified atom stereocenters. The normalized spacial score (nSPS) is 8.92. The van der Waals surface area contributed by atoms with Crippen LogP contribution in [-0.4, -0.2) is 10.9 Å². The fourth-order valence-electron chi connectivity index (χ4n) is 0.900. The molecule has 0 aliphatic rings. The number of amides is 1. The third-order valence-corrected chi connectivity index (χ3v) is 1.43. The molecule has 2 N–H and O–H groups in total. The molecule has 0 saturated heterocycles. The van der Waals surface area contributed by atoms with Gasteiger partial charge in [-0.1, -0.05) is 0 Å². The highest BCUT2D eigenvalue weighted by molar-refractivity contribution is 5.93. The summed E-state index contributed by atoms with van der Waals surface area (Å²) in [5, 5.41) is 0. The largest absolute Gasteiger partial charge is 0.366 e. The standard InChI is InChI=1S/C9H8N2O/c1-2-4-8-7(9(10)12)5-3-6-11-8/h1,3,5-6H,4H2,(H2,10,12). The maximum Gasteiger partial charge on any atom is 0.250 e. The van der Waals surface area contributed by atoms with Crippen molar-refractivity contribution in [3.63, 3.8) is 0 Å². The van der Waals surface area contributed by atoms with Crippen LogP contribution >= 0.6 is 0 Å². The molecule has 0 atom stereocenters. The first-order chi connectivity index (χ1) is 5.75. The minimum Gasteiger partial charge on any atom is -0.366 e. The molecule has 0 bridgehead atoms. The predicted molar refractivity (Wildman–Crippen MR) is 45.3 cm³/mol. The van der Waals surface area contributed by atoms with E-state index in [9.17, 15) is 4.79 Å². The summed E-state index contributed by atoms with van der Waals surface area (Å²) in [5.74, 6) is 1.92. The smallest absolute Gasteiger partial charge is 0.250 e. The number of aromatic nitrogens is 1. The lowest BCUT2D eigenvalue weighted by atomic mass is 10.1. The van der Waals surface area contributed by atoms with Crippen molar-refractivity contribution in [3.8, 4) is 12.3 Å². The first kappa shape index (κ1) is 8.28. The zero-order valence-electron chi connectivity index (χ0n) is 6.45. The molecule has 1 heterocycles. The van der Waals surface area contributed by atoms with Crippen molar-refractivity contribution in [2.75, 3.05) is 0 Å². The zero-order chi connectivity index (χ0) is 8.97. The van der Waals surface area contributed by atoms with Gasteiger partial charge in [-0.25, -0.2) is 0 Å². The molecule has 1 rings (SSSR count). The fourth-order valence-corrected chi connectivity index (χ4v) is 0.900. The van der Waals surface area contributed by atoms with E-state index in [0.29, 0.717) is 17.7 Å². The predicted octanol–water partition coefficient (Wildman–Crippen LogP) is 0.356. The van der Waals surface area contributed by atoms with Crippen LogP contribution in [-0.2, 0) is 6.42 Å². The van der Waals surface area contributed by atoms with Crippen LogP contribution in [0.5, 0.6) is 0 Å². The van der Waals surface area contributed by atoms with Crippen LogP contribution < -0.4 is 5.73 Å². The Morgan fingerprint density at radius 2 is 2.50 bits per heavy atom. The topological polar surface area (TPSA) is 56.0 Å². The lowest BCUT2D eigenvalue weighted by Gasteiger charge is -1.99. The molecule has 1 aromatic rings. The second-order valence-corrected chi connectivity index (χ2v) is 2.24. The van der Waals surface area contributed by atoms with Gasteiger partial charge in [0, 0.05) is 6.20 Å². The second-order valence-electron chi connectivity index (χ2n) is 2.24. The van der Waals surface area contributed by atoms with E-state index in [0.717, 1.165) is 0 Å². The molecule has 0 spiro atoms. The number of nitrogens with two attached hydrogens (primary N) is 1. The molecule has 3 nitrogen and oxygen atoms in total. The van der Waals surface area contributed by atoms with Crippen molar-refractivity contribution < 1.29 is 4.79 Å². The third-order valence-electron chi connectivity index (χ3n) is 1.43. The summed E-state index contributed by atoms with van der Waals surface area (Å²) >= 11 is 0. The summed E-state index contributed by atoms with van der Waals surface area (Å²) in [6.45, 7) is 0. The molecular weight excluding hydrogens is 152 g/mol. The molecule has 0 aliphatic carbocycles. The summed E-state index contributed by atoms with van der Waals surface area (Å²) < 4.78 is 0. The summed E-state index contributed by atoms with van der Waals surface area (Å²) in [6, 6.07) is 3.27. The van der Waals surface area contributed by atoms with Gasteiger partial charge in [0.15, 0.2) is 0 Å². The molecule has 1 amide bonds. The van der Waals surface area contributed by atoms with Crippen LogP contribution in [0.4, 0.5) is 0 Å². The molecule has 0 aliphatic heterocycles. The highest BCUT2D eigenvalue weighted by atomic mass is 16.1. The Kier molecular flexibility index (Phi) is 2.44. The number of hydrogen-bond donors (Lipinski definition) is 1. The maximum atomic E-state index is 10.8. The van der Waals surface area contributed by atoms with E-state index < -0.39 is 5.91 Å². The number of rotatable bonds is 2. The Hall–Kier alpha value is -1.82. The van der Waals surface area contributed by atoms with Gasteiger partial charge in [-0.05, 0) is 12.1 Å². The van der Waals surface area contributed by atoms with Crippen molar-refractivity contribution in [3.05, 3.63) is 29.6 Å². The average molecular weight is 160 g/mol. The monoisotopic (exact) mass is 160 g/mol. The van der Waals surface area contributed by atoms with Gasteiger partial charge in [-0.2, -0.15) is 0 Å². The highest BCUT2D eigenvalue weighted by Crippen LogP contribution is 2.03. The third kappa shape index (κ3) is 1.61. The first-order valence-electron chi connectivity index (χ1n) is 3.43. The van der Waals surface area contributed by atoms with Crippen LogP contribution in [0.25, 0.3) is 0 Å². The fraction of sp³-hybridized carbons (Fsp3) is 0.111. The Morgan fingerprint density at radius 1 is 1.75 bits per heavy atom. The van der Waals surface area contributed by atoms with Crippen molar-refractivity contribution in [2.24, 2.45) is 5.73 Å². The number of pyridine rings is 1. The van der Waals surface area contributed by atoms with E-state index in [1.54, 1.807) is 18.3 Å². The van der Waals surface area contributed by atoms with Gasteiger partial charge < -0.3 is 5.73 Å². The van der Waals surface area contributed by atoms with Crippen molar-refractivity contribution in [1.82, 2.24) is 4.98 Å². The van der Waals surface area contributed by atoms with Gasteiger partial charge in [0.25, 0.3) is 5.91 Å². The molecular formula is C9H8N2O. The van der Waals surface area contributed by atoms with Gasteiger partial charge in [0.05, 0.1) is 17.7 Å². The van der Waals surface area contributed by atoms with Gasteiger partial charge in [0.2, 0.25) is 0 Å². The van der Waals surface area contributed by atoms with Crippen LogP contribution in [0.2, 0.25) is 0 Å². The average Bonchev–Trinajstić information content (AvgIpc) is 2.05. The number of nitrogens with zero attached hydrogens (tertiary/aromatic N) is 1. The van der Waals surface area contributed by atoms with E-state index >= 15 is 0 Å². The van der Waals surface area contributed by atoms with Crippen LogP contribution in [0.1, 0.15) is 16.1 Å². The zero-order valence-corrected chi connectivity index (χ0v) is 6.45. The number of carbonyl (C=O) groups excluding carboxylic acids is 1. The number of primary amides is 1. The first-order valence-corrected chi connectivity index (χ1v) is 3.43. The second kappa shape index (κ2) is 3.54. The Morgan fingerprint density at radius 3 is 3.08 bits per heavy atom. The maximum absolute atomic E-state index is 10.8. The Bertz CT molecular complexity index is 339. The van der Waals surface area contributed by atoms with Crippen molar-refractivity contribution >= 4 is 5.91 Å². The Labute approximate surface area is 70.6 Å². The van der Waals surface area contributed by atoms with Gasteiger partial charge in [-0.15, -0.1) is 12.3 Å². The molecule has 0 saturated carbocycles. The van der Waals surface area contributed by atoms with E-state index in [4.69, 9.17) is 12.2 Å². The highest BCUT2D eigenvalue weighted by Gasteiger charge is 2.06. The lowest BCUT2D eigenvalue weighted by molar-refractivity contribution is 0.0999. The SMILES string of the molecule is C#CCc1ncccc1C(N)=O. The summed E-state index contributed by atoms with van der Waals surface area (Å²) in [5.41, 5.74) is 6.06. The molecule has 1 aromatic heterocycles. The minimum atomic E-state index is -0.492. The van der Waals surface area contributed by atoms with Gasteiger partial charge in [0.1, 0.15) is 0 Å². The lowest BCUT2D eigenvalue weighted by Crippen LogP contribution is -2.14. The molecule has 0 fully saturated rings. The van der Waals surface area contributed by atoms with E-state index in [-0.39, 0.29) is 0 Å². The van der Waals surface area contributed by atoms with Crippen LogP contribution in [0, 0.1) is 12.3 Å². The molecule has 0 aromatic carbocycles. The van der Waals surface area contributed by atoms with Crippen LogP contribution in [0.15, 0.2) is 18.3 Å². The molecule has 3 heteroatoms. The Balaban J connectivity index is 3.10. The molecule has 0 radical (unpaired) electrons.